The third kappa shape index (κ3) is 2.52. The third-order valence-electron chi connectivity index (χ3n) is 4.05. The number of rotatable bonds is 3. The van der Waals surface area contributed by atoms with E-state index in [1.165, 1.54) is 11.1 Å². The minimum absolute atomic E-state index is 0.216. The fourth-order valence-corrected chi connectivity index (χ4v) is 2.99. The lowest BCUT2D eigenvalue weighted by Crippen LogP contribution is -2.03. The van der Waals surface area contributed by atoms with Crippen molar-refractivity contribution in [2.24, 2.45) is 0 Å². The van der Waals surface area contributed by atoms with Crippen LogP contribution in [0.4, 0.5) is 0 Å². The number of nitrogens with zero attached hydrogens (tertiary/aromatic N) is 3. The topological polar surface area (TPSA) is 50.9 Å². The van der Waals surface area contributed by atoms with Crippen LogP contribution in [0.3, 0.4) is 0 Å². The van der Waals surface area contributed by atoms with Crippen molar-refractivity contribution in [3.63, 3.8) is 0 Å². The highest BCUT2D eigenvalue weighted by atomic mass is 16.3. The summed E-state index contributed by atoms with van der Waals surface area (Å²) in [4.78, 5) is 9.21. The van der Waals surface area contributed by atoms with E-state index in [0.717, 1.165) is 17.0 Å². The Balaban J connectivity index is 1.92. The quantitative estimate of drug-likeness (QED) is 0.621. The van der Waals surface area contributed by atoms with E-state index in [0.29, 0.717) is 12.1 Å². The maximum atomic E-state index is 10.3. The van der Waals surface area contributed by atoms with Gasteiger partial charge in [-0.05, 0) is 36.8 Å². The van der Waals surface area contributed by atoms with Gasteiger partial charge in [-0.15, -0.1) is 0 Å². The maximum Gasteiger partial charge on any atom is 0.164 e. The molecule has 24 heavy (non-hydrogen) atoms. The van der Waals surface area contributed by atoms with Gasteiger partial charge in [-0.3, -0.25) is 4.57 Å². The minimum atomic E-state index is 0.216. The summed E-state index contributed by atoms with van der Waals surface area (Å²) in [5.74, 6) is 1.07. The zero-order valence-electron chi connectivity index (χ0n) is 13.3. The number of pyridine rings is 1. The molecule has 0 aliphatic carbocycles. The van der Waals surface area contributed by atoms with Crippen molar-refractivity contribution in [2.75, 3.05) is 0 Å². The normalized spacial score (nSPS) is 11.0. The van der Waals surface area contributed by atoms with Crippen molar-refractivity contribution in [1.82, 2.24) is 14.5 Å². The Hall–Kier alpha value is -3.14. The Kier molecular flexibility index (Phi) is 3.50. The first-order valence-electron chi connectivity index (χ1n) is 7.88. The lowest BCUT2D eigenvalue weighted by molar-refractivity contribution is 0.472. The molecule has 0 radical (unpaired) electrons. The first-order valence-corrected chi connectivity index (χ1v) is 7.88. The molecule has 0 aliphatic rings. The van der Waals surface area contributed by atoms with Gasteiger partial charge >= 0.3 is 0 Å². The van der Waals surface area contributed by atoms with Gasteiger partial charge in [0.1, 0.15) is 17.1 Å². The summed E-state index contributed by atoms with van der Waals surface area (Å²) in [5.41, 5.74) is 4.67. The van der Waals surface area contributed by atoms with Crippen molar-refractivity contribution >= 4 is 11.2 Å². The predicted molar refractivity (Wildman–Crippen MR) is 94.5 cm³/mol. The molecule has 0 spiro atoms. The number of aromatic hydroxyl groups is 1. The van der Waals surface area contributed by atoms with Crippen LogP contribution >= 0.6 is 0 Å². The van der Waals surface area contributed by atoms with E-state index in [4.69, 9.17) is 4.98 Å². The first kappa shape index (κ1) is 14.5. The molecule has 4 nitrogen and oxygen atoms in total. The second kappa shape index (κ2) is 5.81. The van der Waals surface area contributed by atoms with Gasteiger partial charge < -0.3 is 5.11 Å². The van der Waals surface area contributed by atoms with Gasteiger partial charge in [-0.25, -0.2) is 9.97 Å². The van der Waals surface area contributed by atoms with Crippen LogP contribution in [0, 0.1) is 6.92 Å². The molecule has 0 amide bonds. The molecule has 4 rings (SSSR count). The van der Waals surface area contributed by atoms with Crippen LogP contribution in [-0.2, 0) is 6.42 Å². The largest absolute Gasteiger partial charge is 0.506 e. The van der Waals surface area contributed by atoms with E-state index in [-0.39, 0.29) is 5.75 Å². The number of imidazole rings is 1. The number of hydrogen-bond donors (Lipinski definition) is 1. The van der Waals surface area contributed by atoms with E-state index >= 15 is 0 Å². The van der Waals surface area contributed by atoms with Gasteiger partial charge in [0, 0.05) is 12.6 Å². The molecule has 1 N–H and O–H groups in total. The highest BCUT2D eigenvalue weighted by molar-refractivity contribution is 5.74. The van der Waals surface area contributed by atoms with Gasteiger partial charge in [-0.2, -0.15) is 0 Å². The molecule has 0 aliphatic heterocycles. The molecular weight excluding hydrogens is 298 g/mol. The second-order valence-corrected chi connectivity index (χ2v) is 5.86. The molecule has 2 heterocycles. The number of hydrogen-bond acceptors (Lipinski definition) is 3. The number of benzene rings is 2. The Labute approximate surface area is 140 Å². The summed E-state index contributed by atoms with van der Waals surface area (Å²) in [7, 11) is 0. The molecule has 0 atom stereocenters. The van der Waals surface area contributed by atoms with Gasteiger partial charge in [0.25, 0.3) is 0 Å². The molecule has 0 saturated carbocycles. The Morgan fingerprint density at radius 1 is 1.00 bits per heavy atom. The summed E-state index contributed by atoms with van der Waals surface area (Å²) in [5, 5.41) is 10.3. The standard InChI is InChI=1S/C20H17N3O/c1-14-6-4-7-15(12-14)13-19-22-16-8-5-11-21-20(16)23(19)17-9-2-3-10-18(17)24/h2-12,24H,13H2,1H3. The summed E-state index contributed by atoms with van der Waals surface area (Å²) in [6.07, 6.45) is 2.42. The predicted octanol–water partition coefficient (Wildman–Crippen LogP) is 4.03. The monoisotopic (exact) mass is 315 g/mol. The van der Waals surface area contributed by atoms with Gasteiger partial charge in [0.15, 0.2) is 5.65 Å². The number of para-hydroxylation sites is 2. The third-order valence-corrected chi connectivity index (χ3v) is 4.05. The van der Waals surface area contributed by atoms with Gasteiger partial charge in [0.05, 0.1) is 5.69 Å². The zero-order chi connectivity index (χ0) is 16.5. The van der Waals surface area contributed by atoms with Crippen molar-refractivity contribution in [2.45, 2.75) is 13.3 Å². The summed E-state index contributed by atoms with van der Waals surface area (Å²) >= 11 is 0. The van der Waals surface area contributed by atoms with Crippen LogP contribution < -0.4 is 0 Å². The number of phenols is 1. The van der Waals surface area contributed by atoms with E-state index in [1.54, 1.807) is 12.3 Å². The molecule has 0 fully saturated rings. The molecular formula is C20H17N3O. The van der Waals surface area contributed by atoms with Gasteiger partial charge in [-0.1, -0.05) is 42.0 Å². The highest BCUT2D eigenvalue weighted by Gasteiger charge is 2.16. The minimum Gasteiger partial charge on any atom is -0.506 e. The highest BCUT2D eigenvalue weighted by Crippen LogP contribution is 2.27. The fourth-order valence-electron chi connectivity index (χ4n) is 2.99. The summed E-state index contributed by atoms with van der Waals surface area (Å²) < 4.78 is 1.94. The van der Waals surface area contributed by atoms with Gasteiger partial charge in [0.2, 0.25) is 0 Å². The molecule has 118 valence electrons. The fraction of sp³-hybridized carbons (Fsp3) is 0.100. The zero-order valence-corrected chi connectivity index (χ0v) is 13.3. The number of aromatic nitrogens is 3. The lowest BCUT2D eigenvalue weighted by atomic mass is 10.1. The molecule has 4 aromatic rings. The van der Waals surface area contributed by atoms with Crippen LogP contribution in [-0.4, -0.2) is 19.6 Å². The Morgan fingerprint density at radius 2 is 1.88 bits per heavy atom. The SMILES string of the molecule is Cc1cccc(Cc2nc3cccnc3n2-c2ccccc2O)c1. The Bertz CT molecular complexity index is 1020. The van der Waals surface area contributed by atoms with Crippen molar-refractivity contribution in [3.8, 4) is 11.4 Å². The Morgan fingerprint density at radius 3 is 2.71 bits per heavy atom. The molecule has 0 unspecified atom stereocenters. The van der Waals surface area contributed by atoms with Crippen molar-refractivity contribution < 1.29 is 5.11 Å². The van der Waals surface area contributed by atoms with Crippen LogP contribution in [0.15, 0.2) is 66.9 Å². The summed E-state index contributed by atoms with van der Waals surface area (Å²) in [6, 6.07) is 19.5. The van der Waals surface area contributed by atoms with E-state index in [2.05, 4.69) is 36.2 Å². The maximum absolute atomic E-state index is 10.3. The summed E-state index contributed by atoms with van der Waals surface area (Å²) in [6.45, 7) is 2.08. The molecule has 2 aromatic heterocycles. The van der Waals surface area contributed by atoms with E-state index < -0.39 is 0 Å². The van der Waals surface area contributed by atoms with Crippen molar-refractivity contribution in [3.05, 3.63) is 83.8 Å². The molecule has 0 saturated heterocycles. The second-order valence-electron chi connectivity index (χ2n) is 5.86. The van der Waals surface area contributed by atoms with Crippen LogP contribution in [0.2, 0.25) is 0 Å². The average molecular weight is 315 g/mol. The number of phenolic OH excluding ortho intramolecular Hbond substituents is 1. The molecule has 0 bridgehead atoms. The van der Waals surface area contributed by atoms with Crippen LogP contribution in [0.5, 0.6) is 5.75 Å². The smallest absolute Gasteiger partial charge is 0.164 e. The van der Waals surface area contributed by atoms with E-state index in [9.17, 15) is 5.11 Å². The molecule has 2 aromatic carbocycles. The van der Waals surface area contributed by atoms with Crippen molar-refractivity contribution in [1.29, 1.82) is 0 Å². The van der Waals surface area contributed by atoms with Crippen LogP contribution in [0.25, 0.3) is 16.9 Å². The van der Waals surface area contributed by atoms with E-state index in [1.807, 2.05) is 34.9 Å². The molecule has 4 heteroatoms. The lowest BCUT2D eigenvalue weighted by Gasteiger charge is -2.10. The average Bonchev–Trinajstić information content (AvgIpc) is 2.93. The number of aryl methyl sites for hydroxylation is 1. The van der Waals surface area contributed by atoms with Crippen LogP contribution in [0.1, 0.15) is 17.0 Å². The number of fused-ring (bicyclic) bond motifs is 1. The first-order chi connectivity index (χ1) is 11.7.